The van der Waals surface area contributed by atoms with Crippen molar-refractivity contribution >= 4 is 5.97 Å². The van der Waals surface area contributed by atoms with Crippen LogP contribution >= 0.6 is 0 Å². The summed E-state index contributed by atoms with van der Waals surface area (Å²) in [6, 6.07) is 6.59. The Hall–Kier alpha value is -1.55. The number of ether oxygens (including phenoxy) is 2. The number of carbonyl (C=O) groups is 1. The van der Waals surface area contributed by atoms with Gasteiger partial charge in [0.15, 0.2) is 5.60 Å². The van der Waals surface area contributed by atoms with Crippen LogP contribution in [0.4, 0.5) is 0 Å². The van der Waals surface area contributed by atoms with E-state index in [1.807, 2.05) is 0 Å². The predicted molar refractivity (Wildman–Crippen MR) is 54.6 cm³/mol. The number of hydrogen-bond donors (Lipinski definition) is 1. The van der Waals surface area contributed by atoms with Crippen LogP contribution in [0.1, 0.15) is 12.5 Å². The molecule has 4 nitrogen and oxygen atoms in total. The van der Waals surface area contributed by atoms with Gasteiger partial charge in [0, 0.05) is 0 Å². The van der Waals surface area contributed by atoms with E-state index in [0.717, 1.165) is 0 Å². The third-order valence-corrected chi connectivity index (χ3v) is 2.23. The van der Waals surface area contributed by atoms with Gasteiger partial charge in [-0.05, 0) is 24.6 Å². The van der Waals surface area contributed by atoms with Gasteiger partial charge in [-0.3, -0.25) is 0 Å². The molecule has 0 spiro atoms. The van der Waals surface area contributed by atoms with Crippen molar-refractivity contribution in [2.24, 2.45) is 0 Å². The molecule has 0 aliphatic heterocycles. The molecular weight excluding hydrogens is 196 g/mol. The standard InChI is InChI=1S/C11H14O4/c1-11(13,10(12)15-3)8-4-6-9(14-2)7-5-8/h4-7,13H,1-3H3/t11-/m1/s1. The highest BCUT2D eigenvalue weighted by molar-refractivity contribution is 5.80. The summed E-state index contributed by atoms with van der Waals surface area (Å²) < 4.78 is 9.48. The van der Waals surface area contributed by atoms with Crippen LogP contribution in [0.5, 0.6) is 5.75 Å². The van der Waals surface area contributed by atoms with Crippen LogP contribution in [-0.2, 0) is 15.1 Å². The lowest BCUT2D eigenvalue weighted by Gasteiger charge is -2.20. The molecule has 0 fully saturated rings. The minimum absolute atomic E-state index is 0.468. The molecule has 0 saturated carbocycles. The van der Waals surface area contributed by atoms with Crippen LogP contribution in [0.25, 0.3) is 0 Å². The molecule has 0 radical (unpaired) electrons. The van der Waals surface area contributed by atoms with E-state index in [0.29, 0.717) is 11.3 Å². The van der Waals surface area contributed by atoms with Crippen molar-refractivity contribution in [1.29, 1.82) is 0 Å². The molecule has 1 N–H and O–H groups in total. The molecule has 0 bridgehead atoms. The Labute approximate surface area is 88.4 Å². The second-order valence-corrected chi connectivity index (χ2v) is 3.29. The molecule has 0 aromatic heterocycles. The van der Waals surface area contributed by atoms with Gasteiger partial charge in [0.05, 0.1) is 14.2 Å². The van der Waals surface area contributed by atoms with Crippen molar-refractivity contribution in [2.45, 2.75) is 12.5 Å². The Morgan fingerprint density at radius 1 is 1.27 bits per heavy atom. The molecule has 0 heterocycles. The van der Waals surface area contributed by atoms with E-state index in [1.165, 1.54) is 14.0 Å². The minimum atomic E-state index is -1.62. The molecule has 1 rings (SSSR count). The normalized spacial score (nSPS) is 14.1. The number of methoxy groups -OCH3 is 2. The van der Waals surface area contributed by atoms with Gasteiger partial charge in [-0.15, -0.1) is 0 Å². The fraction of sp³-hybridized carbons (Fsp3) is 0.364. The van der Waals surface area contributed by atoms with E-state index in [2.05, 4.69) is 4.74 Å². The maximum Gasteiger partial charge on any atom is 0.342 e. The maximum absolute atomic E-state index is 11.3. The first-order valence-electron chi connectivity index (χ1n) is 4.47. The molecule has 1 atom stereocenters. The number of rotatable bonds is 3. The van der Waals surface area contributed by atoms with Crippen LogP contribution < -0.4 is 4.74 Å². The van der Waals surface area contributed by atoms with Crippen molar-refractivity contribution in [1.82, 2.24) is 0 Å². The Morgan fingerprint density at radius 3 is 2.20 bits per heavy atom. The number of carbonyl (C=O) groups excluding carboxylic acids is 1. The minimum Gasteiger partial charge on any atom is -0.497 e. The zero-order valence-electron chi connectivity index (χ0n) is 8.98. The summed E-state index contributed by atoms with van der Waals surface area (Å²) in [5, 5.41) is 9.90. The van der Waals surface area contributed by atoms with Gasteiger partial charge in [-0.2, -0.15) is 0 Å². The zero-order chi connectivity index (χ0) is 11.5. The monoisotopic (exact) mass is 210 g/mol. The van der Waals surface area contributed by atoms with Crippen molar-refractivity contribution in [3.63, 3.8) is 0 Å². The van der Waals surface area contributed by atoms with E-state index in [1.54, 1.807) is 31.4 Å². The van der Waals surface area contributed by atoms with Crippen molar-refractivity contribution in [2.75, 3.05) is 14.2 Å². The Balaban J connectivity index is 3.00. The molecule has 4 heteroatoms. The molecular formula is C11H14O4. The summed E-state index contributed by atoms with van der Waals surface area (Å²) in [5.74, 6) is -0.0212. The SMILES string of the molecule is COC(=O)[C@](C)(O)c1ccc(OC)cc1. The fourth-order valence-corrected chi connectivity index (χ4v) is 1.23. The molecule has 0 unspecified atom stereocenters. The Morgan fingerprint density at radius 2 is 1.80 bits per heavy atom. The van der Waals surface area contributed by atoms with Crippen molar-refractivity contribution in [3.05, 3.63) is 29.8 Å². The van der Waals surface area contributed by atoms with Gasteiger partial charge in [0.25, 0.3) is 0 Å². The predicted octanol–water partition coefficient (Wildman–Crippen LogP) is 1.08. The number of hydrogen-bond acceptors (Lipinski definition) is 4. The second-order valence-electron chi connectivity index (χ2n) is 3.29. The van der Waals surface area contributed by atoms with Gasteiger partial charge in [-0.1, -0.05) is 12.1 Å². The zero-order valence-corrected chi connectivity index (χ0v) is 8.98. The first-order chi connectivity index (χ1) is 7.02. The topological polar surface area (TPSA) is 55.8 Å². The van der Waals surface area contributed by atoms with Crippen molar-refractivity contribution < 1.29 is 19.4 Å². The summed E-state index contributed by atoms with van der Waals surface area (Å²) in [6.45, 7) is 1.39. The number of benzene rings is 1. The third kappa shape index (κ3) is 2.27. The van der Waals surface area contributed by atoms with Crippen LogP contribution in [0, 0.1) is 0 Å². The molecule has 0 aliphatic carbocycles. The average Bonchev–Trinajstić information content (AvgIpc) is 2.28. The molecule has 0 saturated heterocycles. The molecule has 0 aliphatic rings. The van der Waals surface area contributed by atoms with E-state index < -0.39 is 11.6 Å². The highest BCUT2D eigenvalue weighted by Crippen LogP contribution is 2.24. The lowest BCUT2D eigenvalue weighted by atomic mass is 9.96. The molecule has 1 aromatic carbocycles. The molecule has 15 heavy (non-hydrogen) atoms. The average molecular weight is 210 g/mol. The molecule has 0 amide bonds. The molecule has 82 valence electrons. The maximum atomic E-state index is 11.3. The lowest BCUT2D eigenvalue weighted by Crippen LogP contribution is -2.33. The van der Waals surface area contributed by atoms with Gasteiger partial charge in [0.2, 0.25) is 0 Å². The van der Waals surface area contributed by atoms with Gasteiger partial charge in [0.1, 0.15) is 5.75 Å². The van der Waals surface area contributed by atoms with Crippen LogP contribution in [0.15, 0.2) is 24.3 Å². The van der Waals surface area contributed by atoms with E-state index in [9.17, 15) is 9.90 Å². The number of esters is 1. The first kappa shape index (κ1) is 11.5. The fourth-order valence-electron chi connectivity index (χ4n) is 1.23. The lowest BCUT2D eigenvalue weighted by molar-refractivity contribution is -0.161. The van der Waals surface area contributed by atoms with Gasteiger partial charge < -0.3 is 14.6 Å². The second kappa shape index (κ2) is 4.31. The van der Waals surface area contributed by atoms with Crippen LogP contribution in [-0.4, -0.2) is 25.3 Å². The van der Waals surface area contributed by atoms with Crippen LogP contribution in [0.3, 0.4) is 0 Å². The first-order valence-corrected chi connectivity index (χ1v) is 4.47. The smallest absolute Gasteiger partial charge is 0.342 e. The number of aliphatic hydroxyl groups is 1. The highest BCUT2D eigenvalue weighted by Gasteiger charge is 2.33. The quantitative estimate of drug-likeness (QED) is 0.758. The van der Waals surface area contributed by atoms with E-state index >= 15 is 0 Å². The summed E-state index contributed by atoms with van der Waals surface area (Å²) in [4.78, 5) is 11.3. The van der Waals surface area contributed by atoms with E-state index in [-0.39, 0.29) is 0 Å². The van der Waals surface area contributed by atoms with Crippen LogP contribution in [0.2, 0.25) is 0 Å². The Kier molecular flexibility index (Phi) is 3.31. The van der Waals surface area contributed by atoms with E-state index in [4.69, 9.17) is 4.74 Å². The largest absolute Gasteiger partial charge is 0.497 e. The summed E-state index contributed by atoms with van der Waals surface area (Å²) in [5.41, 5.74) is -1.16. The highest BCUT2D eigenvalue weighted by atomic mass is 16.5. The summed E-state index contributed by atoms with van der Waals surface area (Å²) in [6.07, 6.45) is 0. The Bertz CT molecular complexity index is 340. The van der Waals surface area contributed by atoms with Gasteiger partial charge in [-0.25, -0.2) is 4.79 Å². The van der Waals surface area contributed by atoms with Crippen molar-refractivity contribution in [3.8, 4) is 5.75 Å². The summed E-state index contributed by atoms with van der Waals surface area (Å²) >= 11 is 0. The third-order valence-electron chi connectivity index (χ3n) is 2.23. The molecule has 1 aromatic rings. The summed E-state index contributed by atoms with van der Waals surface area (Å²) in [7, 11) is 2.79. The van der Waals surface area contributed by atoms with Gasteiger partial charge >= 0.3 is 5.97 Å².